The summed E-state index contributed by atoms with van der Waals surface area (Å²) in [6.07, 6.45) is 2.51. The summed E-state index contributed by atoms with van der Waals surface area (Å²) in [7, 11) is 1.81. The number of hydrogen-bond donors (Lipinski definition) is 0. The number of benzene rings is 1. The number of halogens is 2. The first-order valence-electron chi connectivity index (χ1n) is 8.76. The summed E-state index contributed by atoms with van der Waals surface area (Å²) < 4.78 is 5.50. The summed E-state index contributed by atoms with van der Waals surface area (Å²) in [5.41, 5.74) is 0.363. The molecule has 1 rings (SSSR count). The van der Waals surface area contributed by atoms with Crippen LogP contribution in [0, 0.1) is 5.92 Å². The largest absolute Gasteiger partial charge is 0.444 e. The minimum atomic E-state index is -0.494. The monoisotopic (exact) mass is 387 g/mol. The van der Waals surface area contributed by atoms with Crippen molar-refractivity contribution in [3.8, 4) is 0 Å². The molecule has 0 aliphatic heterocycles. The van der Waals surface area contributed by atoms with Crippen LogP contribution in [-0.4, -0.2) is 29.2 Å². The van der Waals surface area contributed by atoms with E-state index in [-0.39, 0.29) is 11.6 Å². The van der Waals surface area contributed by atoms with Gasteiger partial charge in [0.1, 0.15) is 5.60 Å². The Morgan fingerprint density at radius 1 is 1.16 bits per heavy atom. The lowest BCUT2D eigenvalue weighted by molar-refractivity contribution is 0.00698. The second kappa shape index (κ2) is 8.64. The van der Waals surface area contributed by atoms with Crippen LogP contribution in [0.3, 0.4) is 0 Å². The van der Waals surface area contributed by atoms with E-state index in [4.69, 9.17) is 27.9 Å². The van der Waals surface area contributed by atoms with Gasteiger partial charge in [0.2, 0.25) is 0 Å². The van der Waals surface area contributed by atoms with E-state index < -0.39 is 5.60 Å². The smallest absolute Gasteiger partial charge is 0.410 e. The maximum Gasteiger partial charge on any atom is 0.410 e. The zero-order valence-corrected chi connectivity index (χ0v) is 18.0. The van der Waals surface area contributed by atoms with Crippen LogP contribution >= 0.6 is 23.2 Å². The number of rotatable bonds is 6. The Morgan fingerprint density at radius 3 is 2.24 bits per heavy atom. The van der Waals surface area contributed by atoms with Crippen molar-refractivity contribution < 1.29 is 9.53 Å². The summed E-state index contributed by atoms with van der Waals surface area (Å²) in [4.78, 5) is 14.1. The van der Waals surface area contributed by atoms with E-state index in [0.717, 1.165) is 24.8 Å². The predicted molar refractivity (Wildman–Crippen MR) is 107 cm³/mol. The minimum Gasteiger partial charge on any atom is -0.444 e. The minimum absolute atomic E-state index is 0.290. The van der Waals surface area contributed by atoms with Gasteiger partial charge < -0.3 is 9.64 Å². The highest BCUT2D eigenvalue weighted by Gasteiger charge is 2.33. The van der Waals surface area contributed by atoms with E-state index in [0.29, 0.717) is 16.0 Å². The van der Waals surface area contributed by atoms with Crippen LogP contribution in [0.25, 0.3) is 0 Å². The molecule has 0 radical (unpaired) electrons. The molecular formula is C20H31Cl2NO2. The number of hydrogen-bond acceptors (Lipinski definition) is 2. The molecule has 0 aliphatic rings. The summed E-state index contributed by atoms with van der Waals surface area (Å²) in [5.74, 6) is 0.428. The van der Waals surface area contributed by atoms with Crippen molar-refractivity contribution in [2.75, 3.05) is 7.05 Å². The Bertz CT molecular complexity index is 594. The van der Waals surface area contributed by atoms with Gasteiger partial charge in [0.15, 0.2) is 0 Å². The SMILES string of the molecule is CCC(Cc1ccc(Cl)c(Cl)c1)CC(C)(C)N(C)C(=O)OC(C)(C)C. The van der Waals surface area contributed by atoms with Gasteiger partial charge in [-0.05, 0) is 71.1 Å². The first-order chi connectivity index (χ1) is 11.4. The van der Waals surface area contributed by atoms with E-state index in [1.165, 1.54) is 0 Å². The Labute approximate surface area is 162 Å². The van der Waals surface area contributed by atoms with Gasteiger partial charge in [-0.25, -0.2) is 4.79 Å². The second-order valence-corrected chi connectivity index (χ2v) is 9.10. The lowest BCUT2D eigenvalue weighted by Gasteiger charge is -2.39. The van der Waals surface area contributed by atoms with Gasteiger partial charge in [0.05, 0.1) is 10.0 Å². The van der Waals surface area contributed by atoms with Crippen LogP contribution in [-0.2, 0) is 11.2 Å². The summed E-state index contributed by atoms with van der Waals surface area (Å²) in [6, 6.07) is 5.78. The fourth-order valence-electron chi connectivity index (χ4n) is 2.78. The molecule has 1 amide bonds. The molecule has 0 aromatic heterocycles. The van der Waals surface area contributed by atoms with Crippen LogP contribution in [0.4, 0.5) is 4.79 Å². The fourth-order valence-corrected chi connectivity index (χ4v) is 3.10. The third kappa shape index (κ3) is 7.07. The van der Waals surface area contributed by atoms with E-state index in [2.05, 4.69) is 20.8 Å². The van der Waals surface area contributed by atoms with Gasteiger partial charge in [-0.2, -0.15) is 0 Å². The molecular weight excluding hydrogens is 357 g/mol. The number of amides is 1. The number of nitrogens with zero attached hydrogens (tertiary/aromatic N) is 1. The third-order valence-electron chi connectivity index (χ3n) is 4.45. The Balaban J connectivity index is 2.80. The van der Waals surface area contributed by atoms with E-state index in [1.54, 1.807) is 11.9 Å². The molecule has 25 heavy (non-hydrogen) atoms. The molecule has 1 aromatic carbocycles. The first kappa shape index (κ1) is 22.1. The maximum atomic E-state index is 12.4. The molecule has 3 nitrogen and oxygen atoms in total. The maximum absolute atomic E-state index is 12.4. The molecule has 1 atom stereocenters. The zero-order chi connectivity index (χ0) is 19.4. The van der Waals surface area contributed by atoms with Gasteiger partial charge >= 0.3 is 6.09 Å². The molecule has 142 valence electrons. The van der Waals surface area contributed by atoms with Crippen molar-refractivity contribution in [3.05, 3.63) is 33.8 Å². The number of ether oxygens (including phenoxy) is 1. The van der Waals surface area contributed by atoms with Crippen LogP contribution in [0.15, 0.2) is 18.2 Å². The van der Waals surface area contributed by atoms with E-state index >= 15 is 0 Å². The molecule has 0 saturated carbocycles. The van der Waals surface area contributed by atoms with Crippen molar-refractivity contribution in [1.82, 2.24) is 4.90 Å². The third-order valence-corrected chi connectivity index (χ3v) is 5.19. The molecule has 0 aliphatic carbocycles. The first-order valence-corrected chi connectivity index (χ1v) is 9.52. The molecule has 5 heteroatoms. The van der Waals surface area contributed by atoms with Gasteiger partial charge in [0, 0.05) is 12.6 Å². The molecule has 0 spiro atoms. The van der Waals surface area contributed by atoms with Crippen LogP contribution in [0.5, 0.6) is 0 Å². The molecule has 1 unspecified atom stereocenters. The molecule has 1 aromatic rings. The second-order valence-electron chi connectivity index (χ2n) is 8.28. The van der Waals surface area contributed by atoms with Gasteiger partial charge in [-0.3, -0.25) is 0 Å². The molecule has 0 saturated heterocycles. The van der Waals surface area contributed by atoms with Crippen molar-refractivity contribution in [2.24, 2.45) is 5.92 Å². The van der Waals surface area contributed by atoms with Crippen molar-refractivity contribution in [3.63, 3.8) is 0 Å². The zero-order valence-electron chi connectivity index (χ0n) is 16.5. The van der Waals surface area contributed by atoms with E-state index in [1.807, 2.05) is 39.0 Å². The van der Waals surface area contributed by atoms with Gasteiger partial charge in [0.25, 0.3) is 0 Å². The van der Waals surface area contributed by atoms with Crippen molar-refractivity contribution >= 4 is 29.3 Å². The lowest BCUT2D eigenvalue weighted by atomic mass is 9.84. The van der Waals surface area contributed by atoms with Gasteiger partial charge in [-0.1, -0.05) is 42.6 Å². The highest BCUT2D eigenvalue weighted by molar-refractivity contribution is 6.42. The molecule has 0 fully saturated rings. The van der Waals surface area contributed by atoms with Crippen molar-refractivity contribution in [1.29, 1.82) is 0 Å². The summed E-state index contributed by atoms with van der Waals surface area (Å²) >= 11 is 12.1. The standard InChI is InChI=1S/C20H31Cl2NO2/c1-8-14(11-15-9-10-16(21)17(22)12-15)13-20(5,6)23(7)18(24)25-19(2,3)4/h9-10,12,14H,8,11,13H2,1-7H3. The molecule has 0 heterocycles. The molecule has 0 bridgehead atoms. The summed E-state index contributed by atoms with van der Waals surface area (Å²) in [6.45, 7) is 12.0. The lowest BCUT2D eigenvalue weighted by Crippen LogP contribution is -2.48. The average Bonchev–Trinajstić information content (AvgIpc) is 2.47. The Kier molecular flexibility index (Phi) is 7.64. The van der Waals surface area contributed by atoms with Crippen LogP contribution < -0.4 is 0 Å². The fraction of sp³-hybridized carbons (Fsp3) is 0.650. The number of carbonyl (C=O) groups is 1. The van der Waals surface area contributed by atoms with E-state index in [9.17, 15) is 4.79 Å². The highest BCUT2D eigenvalue weighted by Crippen LogP contribution is 2.30. The predicted octanol–water partition coefficient (Wildman–Crippen LogP) is 6.60. The van der Waals surface area contributed by atoms with Crippen LogP contribution in [0.1, 0.15) is 59.9 Å². The average molecular weight is 388 g/mol. The number of carbonyl (C=O) groups excluding carboxylic acids is 1. The van der Waals surface area contributed by atoms with Gasteiger partial charge in [-0.15, -0.1) is 0 Å². The summed E-state index contributed by atoms with van der Waals surface area (Å²) in [5, 5.41) is 1.16. The van der Waals surface area contributed by atoms with Crippen LogP contribution in [0.2, 0.25) is 10.0 Å². The molecule has 0 N–H and O–H groups in total. The topological polar surface area (TPSA) is 29.5 Å². The Hall–Kier alpha value is -0.930. The van der Waals surface area contributed by atoms with Crippen molar-refractivity contribution in [2.45, 2.75) is 71.9 Å². The highest BCUT2D eigenvalue weighted by atomic mass is 35.5. The Morgan fingerprint density at radius 2 is 1.76 bits per heavy atom. The quantitative estimate of drug-likeness (QED) is 0.550. The normalized spacial score (nSPS) is 13.5.